The molecular weight excluding hydrogens is 320 g/mol. The van der Waals surface area contributed by atoms with Crippen LogP contribution in [-0.4, -0.2) is 28.6 Å². The van der Waals surface area contributed by atoms with E-state index in [1.54, 1.807) is 19.9 Å². The van der Waals surface area contributed by atoms with Crippen molar-refractivity contribution in [2.75, 3.05) is 6.54 Å². The first-order valence-electron chi connectivity index (χ1n) is 8.14. The molecule has 2 N–H and O–H groups in total. The van der Waals surface area contributed by atoms with Gasteiger partial charge < -0.3 is 10.4 Å². The third-order valence-electron chi connectivity index (χ3n) is 4.08. The predicted octanol–water partition coefficient (Wildman–Crippen LogP) is 3.19. The van der Waals surface area contributed by atoms with Crippen molar-refractivity contribution in [3.05, 3.63) is 75.3 Å². The number of rotatable bonds is 7. The van der Waals surface area contributed by atoms with Gasteiger partial charge in [0.05, 0.1) is 11.0 Å². The van der Waals surface area contributed by atoms with Gasteiger partial charge in [-0.2, -0.15) is 0 Å². The number of hydrogen-bond acceptors (Lipinski definition) is 4. The maximum absolute atomic E-state index is 12.5. The Morgan fingerprint density at radius 1 is 1.24 bits per heavy atom. The lowest BCUT2D eigenvalue weighted by atomic mass is 9.93. The van der Waals surface area contributed by atoms with Crippen LogP contribution in [-0.2, 0) is 0 Å². The average Bonchev–Trinajstić information content (AvgIpc) is 2.59. The lowest BCUT2D eigenvalue weighted by Gasteiger charge is -2.20. The third-order valence-corrected chi connectivity index (χ3v) is 4.08. The molecule has 0 heterocycles. The Kier molecular flexibility index (Phi) is 6.25. The molecule has 0 aliphatic heterocycles. The average molecular weight is 342 g/mol. The van der Waals surface area contributed by atoms with Crippen molar-refractivity contribution < 1.29 is 14.8 Å². The number of aliphatic hydroxyl groups excluding tert-OH is 1. The molecule has 0 aromatic heterocycles. The van der Waals surface area contributed by atoms with Crippen molar-refractivity contribution in [2.45, 2.75) is 32.3 Å². The lowest BCUT2D eigenvalue weighted by Crippen LogP contribution is -2.30. The van der Waals surface area contributed by atoms with E-state index in [0.29, 0.717) is 18.5 Å². The zero-order chi connectivity index (χ0) is 18.4. The minimum absolute atomic E-state index is 0.0378. The van der Waals surface area contributed by atoms with Crippen LogP contribution in [0.3, 0.4) is 0 Å². The molecule has 1 amide bonds. The van der Waals surface area contributed by atoms with E-state index >= 15 is 0 Å². The van der Waals surface area contributed by atoms with Crippen molar-refractivity contribution in [1.82, 2.24) is 5.32 Å². The van der Waals surface area contributed by atoms with Crippen molar-refractivity contribution in [3.8, 4) is 0 Å². The fourth-order valence-electron chi connectivity index (χ4n) is 2.75. The van der Waals surface area contributed by atoms with Gasteiger partial charge >= 0.3 is 0 Å². The standard InChI is InChI=1S/C19H22N2O4/c1-13-8-9-17(21(24)25)11-18(13)19(23)20-12-16(10-14(2)22)15-6-4-3-5-7-15/h3-9,11,14,16,22H,10,12H2,1-2H3,(H,20,23). The predicted molar refractivity (Wildman–Crippen MR) is 95.6 cm³/mol. The van der Waals surface area contributed by atoms with Gasteiger partial charge in [-0.1, -0.05) is 36.4 Å². The summed E-state index contributed by atoms with van der Waals surface area (Å²) in [6.07, 6.45) is 0.0137. The van der Waals surface area contributed by atoms with Gasteiger partial charge in [-0.25, -0.2) is 0 Å². The van der Waals surface area contributed by atoms with Crippen LogP contribution in [0.2, 0.25) is 0 Å². The van der Waals surface area contributed by atoms with Crippen molar-refractivity contribution >= 4 is 11.6 Å². The molecule has 2 aromatic carbocycles. The summed E-state index contributed by atoms with van der Waals surface area (Å²) in [6, 6.07) is 13.9. The van der Waals surface area contributed by atoms with Crippen molar-refractivity contribution in [3.63, 3.8) is 0 Å². The monoisotopic (exact) mass is 342 g/mol. The Morgan fingerprint density at radius 2 is 1.92 bits per heavy atom. The van der Waals surface area contributed by atoms with Gasteiger partial charge in [-0.15, -0.1) is 0 Å². The summed E-state index contributed by atoms with van der Waals surface area (Å²) in [5.74, 6) is -0.392. The second kappa shape index (κ2) is 8.39. The first-order chi connectivity index (χ1) is 11.9. The molecule has 0 saturated heterocycles. The molecule has 0 radical (unpaired) electrons. The molecular formula is C19H22N2O4. The van der Waals surface area contributed by atoms with Crippen LogP contribution in [0, 0.1) is 17.0 Å². The molecule has 0 fully saturated rings. The largest absolute Gasteiger partial charge is 0.393 e. The molecule has 25 heavy (non-hydrogen) atoms. The first-order valence-corrected chi connectivity index (χ1v) is 8.14. The van der Waals surface area contributed by atoms with Gasteiger partial charge in [0.15, 0.2) is 0 Å². The number of nitrogens with one attached hydrogen (secondary N) is 1. The van der Waals surface area contributed by atoms with E-state index in [1.807, 2.05) is 30.3 Å². The number of aryl methyl sites for hydroxylation is 1. The quantitative estimate of drug-likeness (QED) is 0.597. The van der Waals surface area contributed by atoms with E-state index < -0.39 is 11.0 Å². The maximum Gasteiger partial charge on any atom is 0.270 e. The number of carbonyl (C=O) groups is 1. The molecule has 132 valence electrons. The van der Waals surface area contributed by atoms with Crippen LogP contribution < -0.4 is 5.32 Å². The number of non-ortho nitro benzene ring substituents is 1. The highest BCUT2D eigenvalue weighted by atomic mass is 16.6. The number of amides is 1. The Bertz CT molecular complexity index is 744. The lowest BCUT2D eigenvalue weighted by molar-refractivity contribution is -0.384. The number of nitro groups is 1. The molecule has 0 bridgehead atoms. The zero-order valence-corrected chi connectivity index (χ0v) is 14.3. The van der Waals surface area contributed by atoms with Crippen LogP contribution in [0.5, 0.6) is 0 Å². The molecule has 0 spiro atoms. The molecule has 2 atom stereocenters. The number of hydrogen-bond donors (Lipinski definition) is 2. The molecule has 2 rings (SSSR count). The highest BCUT2D eigenvalue weighted by molar-refractivity contribution is 5.96. The fourth-order valence-corrected chi connectivity index (χ4v) is 2.75. The van der Waals surface area contributed by atoms with E-state index in [1.165, 1.54) is 12.1 Å². The van der Waals surface area contributed by atoms with Gasteiger partial charge in [0, 0.05) is 30.2 Å². The van der Waals surface area contributed by atoms with E-state index in [-0.39, 0.29) is 23.1 Å². The van der Waals surface area contributed by atoms with Gasteiger partial charge in [0.1, 0.15) is 0 Å². The Balaban J connectivity index is 2.13. The molecule has 0 aliphatic carbocycles. The van der Waals surface area contributed by atoms with Crippen LogP contribution in [0.4, 0.5) is 5.69 Å². The summed E-state index contributed by atoms with van der Waals surface area (Å²) in [6.45, 7) is 3.79. The summed E-state index contributed by atoms with van der Waals surface area (Å²) < 4.78 is 0. The summed E-state index contributed by atoms with van der Waals surface area (Å²) >= 11 is 0. The molecule has 6 heteroatoms. The van der Waals surface area contributed by atoms with Crippen LogP contribution >= 0.6 is 0 Å². The third kappa shape index (κ3) is 5.12. The number of carbonyl (C=O) groups excluding carboxylic acids is 1. The molecule has 0 aliphatic rings. The minimum atomic E-state index is -0.517. The second-order valence-corrected chi connectivity index (χ2v) is 6.16. The molecule has 2 unspecified atom stereocenters. The van der Waals surface area contributed by atoms with E-state index in [4.69, 9.17) is 0 Å². The maximum atomic E-state index is 12.5. The molecule has 6 nitrogen and oxygen atoms in total. The van der Waals surface area contributed by atoms with E-state index in [9.17, 15) is 20.0 Å². The summed E-state index contributed by atoms with van der Waals surface area (Å²) in [5, 5.41) is 23.5. The topological polar surface area (TPSA) is 92.5 Å². The Morgan fingerprint density at radius 3 is 2.52 bits per heavy atom. The number of aliphatic hydroxyl groups is 1. The van der Waals surface area contributed by atoms with Gasteiger partial charge in [0.2, 0.25) is 0 Å². The summed E-state index contributed by atoms with van der Waals surface area (Å²) in [5.41, 5.74) is 1.88. The summed E-state index contributed by atoms with van der Waals surface area (Å²) in [4.78, 5) is 22.9. The number of nitro benzene ring substituents is 1. The highest BCUT2D eigenvalue weighted by Crippen LogP contribution is 2.21. The van der Waals surface area contributed by atoms with E-state index in [0.717, 1.165) is 5.56 Å². The summed E-state index contributed by atoms with van der Waals surface area (Å²) in [7, 11) is 0. The van der Waals surface area contributed by atoms with E-state index in [2.05, 4.69) is 5.32 Å². The fraction of sp³-hybridized carbons (Fsp3) is 0.316. The van der Waals surface area contributed by atoms with Gasteiger partial charge in [0.25, 0.3) is 11.6 Å². The normalized spacial score (nSPS) is 13.1. The second-order valence-electron chi connectivity index (χ2n) is 6.16. The smallest absolute Gasteiger partial charge is 0.270 e. The van der Waals surface area contributed by atoms with Crippen LogP contribution in [0.15, 0.2) is 48.5 Å². The van der Waals surface area contributed by atoms with Crippen LogP contribution in [0.25, 0.3) is 0 Å². The highest BCUT2D eigenvalue weighted by Gasteiger charge is 2.18. The Hall–Kier alpha value is -2.73. The number of nitrogens with zero attached hydrogens (tertiary/aromatic N) is 1. The first kappa shape index (κ1) is 18.6. The molecule has 0 saturated carbocycles. The van der Waals surface area contributed by atoms with Gasteiger partial charge in [-0.3, -0.25) is 14.9 Å². The Labute approximate surface area is 146 Å². The number of benzene rings is 2. The minimum Gasteiger partial charge on any atom is -0.393 e. The zero-order valence-electron chi connectivity index (χ0n) is 14.3. The van der Waals surface area contributed by atoms with Crippen molar-refractivity contribution in [2.24, 2.45) is 0 Å². The van der Waals surface area contributed by atoms with Crippen LogP contribution in [0.1, 0.15) is 40.7 Å². The molecule has 2 aromatic rings. The van der Waals surface area contributed by atoms with Gasteiger partial charge in [-0.05, 0) is 31.4 Å². The van der Waals surface area contributed by atoms with Crippen molar-refractivity contribution in [1.29, 1.82) is 0 Å². The SMILES string of the molecule is Cc1ccc([N+](=O)[O-])cc1C(=O)NCC(CC(C)O)c1ccccc1.